The molecule has 7 nitrogen and oxygen atoms in total. The van der Waals surface area contributed by atoms with E-state index in [1.54, 1.807) is 35.7 Å². The second-order valence-electron chi connectivity index (χ2n) is 6.14. The average molecular weight is 491 g/mol. The first-order chi connectivity index (χ1) is 14.8. The van der Waals surface area contributed by atoms with Crippen molar-refractivity contribution < 1.29 is 23.9 Å². The number of aromatic carboxylic acids is 1. The zero-order valence-electron chi connectivity index (χ0n) is 15.3. The maximum atomic E-state index is 12.7. The highest BCUT2D eigenvalue weighted by Gasteiger charge is 2.34. The Hall–Kier alpha value is -2.92. The number of thiophene rings is 1. The summed E-state index contributed by atoms with van der Waals surface area (Å²) >= 11 is 13.4. The summed E-state index contributed by atoms with van der Waals surface area (Å²) in [7, 11) is 0. The van der Waals surface area contributed by atoms with E-state index >= 15 is 0 Å². The number of benzene rings is 1. The molecule has 11 heteroatoms. The van der Waals surface area contributed by atoms with Gasteiger partial charge in [0.05, 0.1) is 20.4 Å². The minimum atomic E-state index is -1.15. The van der Waals surface area contributed by atoms with Gasteiger partial charge in [0.1, 0.15) is 11.5 Å². The van der Waals surface area contributed by atoms with Crippen LogP contribution in [-0.4, -0.2) is 32.2 Å². The molecule has 1 aromatic carbocycles. The first kappa shape index (κ1) is 21.3. The molecular weight excluding hydrogens is 480 g/mol. The quantitative estimate of drug-likeness (QED) is 0.387. The van der Waals surface area contributed by atoms with E-state index in [1.807, 2.05) is 0 Å². The molecule has 1 aliphatic rings. The van der Waals surface area contributed by atoms with E-state index in [2.05, 4.69) is 5.43 Å². The fraction of sp³-hybridized carbons (Fsp3) is 0. The van der Waals surface area contributed by atoms with E-state index in [-0.39, 0.29) is 19.8 Å². The maximum Gasteiger partial charge on any atom is 0.337 e. The number of nitrogens with one attached hydrogen (secondary N) is 1. The van der Waals surface area contributed by atoms with Crippen LogP contribution in [0.15, 0.2) is 57.2 Å². The smallest absolute Gasteiger partial charge is 0.337 e. The number of nitrogens with zero attached hydrogens (tertiary/aromatic N) is 1. The van der Waals surface area contributed by atoms with E-state index in [1.165, 1.54) is 29.5 Å². The van der Waals surface area contributed by atoms with Crippen molar-refractivity contribution in [1.82, 2.24) is 10.4 Å². The van der Waals surface area contributed by atoms with Crippen LogP contribution in [0.5, 0.6) is 0 Å². The van der Waals surface area contributed by atoms with Gasteiger partial charge in [-0.15, -0.1) is 11.3 Å². The van der Waals surface area contributed by atoms with Crippen molar-refractivity contribution >= 4 is 75.1 Å². The van der Waals surface area contributed by atoms with E-state index < -0.39 is 17.8 Å². The number of hydrazine groups is 1. The van der Waals surface area contributed by atoms with Crippen LogP contribution in [-0.2, 0) is 4.79 Å². The van der Waals surface area contributed by atoms with E-state index in [4.69, 9.17) is 28.2 Å². The average Bonchev–Trinajstić information content (AvgIpc) is 3.47. The van der Waals surface area contributed by atoms with Gasteiger partial charge in [-0.3, -0.25) is 15.0 Å². The lowest BCUT2D eigenvalue weighted by atomic mass is 10.1. The molecule has 0 spiro atoms. The number of hydrogen-bond donors (Lipinski definition) is 2. The number of furan rings is 1. The van der Waals surface area contributed by atoms with Gasteiger partial charge in [-0.05, 0) is 54.0 Å². The number of rotatable bonds is 5. The molecule has 0 bridgehead atoms. The lowest BCUT2D eigenvalue weighted by Crippen LogP contribution is -2.44. The highest BCUT2D eigenvalue weighted by atomic mass is 35.5. The summed E-state index contributed by atoms with van der Waals surface area (Å²) in [6.45, 7) is 0. The molecular formula is C20H11ClN2O5S3. The van der Waals surface area contributed by atoms with Crippen molar-refractivity contribution in [2.75, 3.05) is 0 Å². The van der Waals surface area contributed by atoms with Gasteiger partial charge >= 0.3 is 5.97 Å². The summed E-state index contributed by atoms with van der Waals surface area (Å²) < 4.78 is 5.93. The summed E-state index contributed by atoms with van der Waals surface area (Å²) in [5, 5.41) is 12.1. The Balaban J connectivity index is 1.54. The number of carbonyl (C=O) groups excluding carboxylic acids is 2. The van der Waals surface area contributed by atoms with Gasteiger partial charge in [-0.1, -0.05) is 29.4 Å². The summed E-state index contributed by atoms with van der Waals surface area (Å²) in [6.07, 6.45) is 1.51. The van der Waals surface area contributed by atoms with Gasteiger partial charge in [0.25, 0.3) is 11.8 Å². The molecule has 0 saturated carbocycles. The largest absolute Gasteiger partial charge is 0.478 e. The number of thiocarbonyl (C=S) groups is 1. The molecule has 0 unspecified atom stereocenters. The summed E-state index contributed by atoms with van der Waals surface area (Å²) in [5.41, 5.74) is 2.99. The van der Waals surface area contributed by atoms with Crippen LogP contribution >= 0.6 is 46.9 Å². The molecule has 1 aliphatic heterocycles. The van der Waals surface area contributed by atoms with Gasteiger partial charge in [0.15, 0.2) is 4.32 Å². The first-order valence-corrected chi connectivity index (χ1v) is 11.1. The third-order valence-corrected chi connectivity index (χ3v) is 6.63. The highest BCUT2D eigenvalue weighted by Crippen LogP contribution is 2.33. The molecule has 0 radical (unpaired) electrons. The summed E-state index contributed by atoms with van der Waals surface area (Å²) in [4.78, 5) is 36.9. The van der Waals surface area contributed by atoms with E-state index in [9.17, 15) is 19.5 Å². The Kier molecular flexibility index (Phi) is 5.96. The number of carboxylic acid groups (broad SMARTS) is 1. The third kappa shape index (κ3) is 4.42. The number of carboxylic acids is 1. The van der Waals surface area contributed by atoms with Crippen LogP contribution in [0.3, 0.4) is 0 Å². The number of halogens is 1. The standard InChI is InChI=1S/C20H11ClN2O5S3/c21-13-5-3-10(8-12(13)19(26)27)14-6-4-11(28-14)9-16-18(25)23(20(29)31-16)22-17(24)15-2-1-7-30-15/h1-9H,(H,22,24)(H,26,27)/b16-9+. The van der Waals surface area contributed by atoms with Crippen LogP contribution in [0.25, 0.3) is 17.4 Å². The minimum absolute atomic E-state index is 0.0422. The van der Waals surface area contributed by atoms with Gasteiger partial charge in [0.2, 0.25) is 0 Å². The zero-order chi connectivity index (χ0) is 22.1. The number of carbonyl (C=O) groups is 3. The summed E-state index contributed by atoms with van der Waals surface area (Å²) in [6, 6.07) is 11.2. The maximum absolute atomic E-state index is 12.7. The monoisotopic (exact) mass is 490 g/mol. The van der Waals surface area contributed by atoms with Crippen LogP contribution < -0.4 is 5.43 Å². The normalized spacial score (nSPS) is 15.0. The molecule has 31 heavy (non-hydrogen) atoms. The lowest BCUT2D eigenvalue weighted by molar-refractivity contribution is -0.123. The third-order valence-electron chi connectivity index (χ3n) is 4.13. The zero-order valence-corrected chi connectivity index (χ0v) is 18.5. The fourth-order valence-electron chi connectivity index (χ4n) is 2.69. The molecule has 3 heterocycles. The predicted octanol–water partition coefficient (Wildman–Crippen LogP) is 4.91. The Labute approximate surface area is 194 Å². The van der Waals surface area contributed by atoms with Crippen LogP contribution in [0.4, 0.5) is 0 Å². The first-order valence-electron chi connectivity index (χ1n) is 8.59. The van der Waals surface area contributed by atoms with E-state index in [0.717, 1.165) is 16.8 Å². The number of amides is 2. The molecule has 3 aromatic rings. The molecule has 1 saturated heterocycles. The van der Waals surface area contributed by atoms with Gasteiger partial charge < -0.3 is 9.52 Å². The van der Waals surface area contributed by atoms with Crippen molar-refractivity contribution in [1.29, 1.82) is 0 Å². The van der Waals surface area contributed by atoms with Crippen molar-refractivity contribution in [3.8, 4) is 11.3 Å². The minimum Gasteiger partial charge on any atom is -0.478 e. The Morgan fingerprint density at radius 3 is 2.74 bits per heavy atom. The van der Waals surface area contributed by atoms with Crippen molar-refractivity contribution in [3.05, 3.63) is 74.0 Å². The second kappa shape index (κ2) is 8.67. The highest BCUT2D eigenvalue weighted by molar-refractivity contribution is 8.26. The predicted molar refractivity (Wildman–Crippen MR) is 123 cm³/mol. The lowest BCUT2D eigenvalue weighted by Gasteiger charge is -2.14. The molecule has 0 atom stereocenters. The Morgan fingerprint density at radius 2 is 2.03 bits per heavy atom. The topological polar surface area (TPSA) is 99.9 Å². The molecule has 156 valence electrons. The van der Waals surface area contributed by atoms with Gasteiger partial charge in [-0.2, -0.15) is 5.01 Å². The van der Waals surface area contributed by atoms with Crippen LogP contribution in [0, 0.1) is 0 Å². The SMILES string of the molecule is O=C(NN1C(=O)/C(=C\c2ccc(-c3ccc(Cl)c(C(=O)O)c3)o2)SC1=S)c1cccs1. The molecule has 2 aromatic heterocycles. The van der Waals surface area contributed by atoms with Crippen molar-refractivity contribution in [3.63, 3.8) is 0 Å². The van der Waals surface area contributed by atoms with Gasteiger partial charge in [0, 0.05) is 11.6 Å². The van der Waals surface area contributed by atoms with Crippen molar-refractivity contribution in [2.24, 2.45) is 0 Å². The Bertz CT molecular complexity index is 1250. The molecule has 0 aliphatic carbocycles. The molecule has 1 fully saturated rings. The second-order valence-corrected chi connectivity index (χ2v) is 9.17. The fourth-order valence-corrected chi connectivity index (χ4v) is 4.66. The molecule has 2 amide bonds. The van der Waals surface area contributed by atoms with Crippen molar-refractivity contribution in [2.45, 2.75) is 0 Å². The van der Waals surface area contributed by atoms with Crippen LogP contribution in [0.2, 0.25) is 5.02 Å². The Morgan fingerprint density at radius 1 is 1.23 bits per heavy atom. The van der Waals surface area contributed by atoms with Crippen LogP contribution in [0.1, 0.15) is 25.8 Å². The van der Waals surface area contributed by atoms with Gasteiger partial charge in [-0.25, -0.2) is 4.79 Å². The number of hydrogen-bond acceptors (Lipinski definition) is 7. The molecule has 2 N–H and O–H groups in total. The van der Waals surface area contributed by atoms with E-state index in [0.29, 0.717) is 22.0 Å². The molecule has 4 rings (SSSR count). The number of thioether (sulfide) groups is 1. The summed E-state index contributed by atoms with van der Waals surface area (Å²) in [5.74, 6) is -1.27.